The molecule has 0 bridgehead atoms. The third kappa shape index (κ3) is 2.11. The van der Waals surface area contributed by atoms with E-state index in [2.05, 4.69) is 10.1 Å². The molecule has 6 heteroatoms. The molecule has 98 valence electrons. The van der Waals surface area contributed by atoms with E-state index in [1.807, 2.05) is 26.2 Å². The highest BCUT2D eigenvalue weighted by Crippen LogP contribution is 2.27. The topological polar surface area (TPSA) is 69.9 Å². The lowest BCUT2D eigenvalue weighted by atomic mass is 10.2. The Kier molecular flexibility index (Phi) is 2.80. The van der Waals surface area contributed by atoms with Crippen LogP contribution in [0, 0.1) is 6.92 Å². The van der Waals surface area contributed by atoms with E-state index in [0.717, 1.165) is 22.2 Å². The molecule has 0 spiro atoms. The zero-order valence-corrected chi connectivity index (χ0v) is 11.3. The van der Waals surface area contributed by atoms with Gasteiger partial charge in [-0.05, 0) is 24.6 Å². The lowest BCUT2D eigenvalue weighted by Crippen LogP contribution is -2.11. The molecule has 1 atom stereocenters. The van der Waals surface area contributed by atoms with Crippen LogP contribution in [0.2, 0.25) is 5.02 Å². The van der Waals surface area contributed by atoms with E-state index in [0.29, 0.717) is 10.9 Å². The van der Waals surface area contributed by atoms with Crippen molar-refractivity contribution < 1.29 is 4.42 Å². The van der Waals surface area contributed by atoms with E-state index in [9.17, 15) is 0 Å². The van der Waals surface area contributed by atoms with Gasteiger partial charge in [0, 0.05) is 23.8 Å². The van der Waals surface area contributed by atoms with Crippen LogP contribution >= 0.6 is 11.6 Å². The van der Waals surface area contributed by atoms with Gasteiger partial charge in [-0.1, -0.05) is 11.6 Å². The van der Waals surface area contributed by atoms with Crippen molar-refractivity contribution in [2.45, 2.75) is 13.0 Å². The summed E-state index contributed by atoms with van der Waals surface area (Å²) in [7, 11) is 1.84. The maximum atomic E-state index is 6.14. The average molecular weight is 277 g/mol. The van der Waals surface area contributed by atoms with Gasteiger partial charge in [0.15, 0.2) is 5.58 Å². The van der Waals surface area contributed by atoms with Gasteiger partial charge in [-0.15, -0.1) is 0 Å². The van der Waals surface area contributed by atoms with Crippen LogP contribution in [0.1, 0.15) is 23.1 Å². The Morgan fingerprint density at radius 1 is 1.42 bits per heavy atom. The summed E-state index contributed by atoms with van der Waals surface area (Å²) in [5, 5.41) is 4.73. The zero-order valence-electron chi connectivity index (χ0n) is 10.6. The van der Waals surface area contributed by atoms with Gasteiger partial charge in [-0.25, -0.2) is 4.98 Å². The van der Waals surface area contributed by atoms with Gasteiger partial charge in [0.1, 0.15) is 11.6 Å². The first-order valence-corrected chi connectivity index (χ1v) is 6.23. The summed E-state index contributed by atoms with van der Waals surface area (Å²) in [4.78, 5) is 4.41. The summed E-state index contributed by atoms with van der Waals surface area (Å²) in [6.07, 6.45) is 3.55. The van der Waals surface area contributed by atoms with Crippen LogP contribution in [0.3, 0.4) is 0 Å². The molecule has 2 N–H and O–H groups in total. The first-order chi connectivity index (χ1) is 9.04. The number of hydrogen-bond acceptors (Lipinski definition) is 4. The number of fused-ring (bicyclic) bond motifs is 1. The van der Waals surface area contributed by atoms with Crippen molar-refractivity contribution in [2.75, 3.05) is 0 Å². The van der Waals surface area contributed by atoms with Crippen LogP contribution in [-0.2, 0) is 7.05 Å². The van der Waals surface area contributed by atoms with Gasteiger partial charge < -0.3 is 10.2 Å². The number of oxazole rings is 1. The molecule has 5 nitrogen and oxygen atoms in total. The van der Waals surface area contributed by atoms with Crippen LogP contribution in [0.25, 0.3) is 11.1 Å². The molecule has 2 aromatic heterocycles. The quantitative estimate of drug-likeness (QED) is 0.781. The molecule has 0 amide bonds. The lowest BCUT2D eigenvalue weighted by molar-refractivity contribution is 0.503. The number of hydrogen-bond donors (Lipinski definition) is 1. The minimum absolute atomic E-state index is 0.431. The fourth-order valence-electron chi connectivity index (χ4n) is 2.05. The number of aromatic nitrogens is 3. The first-order valence-electron chi connectivity index (χ1n) is 5.85. The second-order valence-corrected chi connectivity index (χ2v) is 4.98. The Hall–Kier alpha value is -1.85. The van der Waals surface area contributed by atoms with Crippen LogP contribution in [0.15, 0.2) is 28.9 Å². The Labute approximate surface area is 115 Å². The van der Waals surface area contributed by atoms with Crippen molar-refractivity contribution in [3.63, 3.8) is 0 Å². The Morgan fingerprint density at radius 2 is 2.21 bits per heavy atom. The normalized spacial score (nSPS) is 13.1. The highest BCUT2D eigenvalue weighted by atomic mass is 35.5. The molecule has 19 heavy (non-hydrogen) atoms. The third-order valence-corrected chi connectivity index (χ3v) is 3.23. The van der Waals surface area contributed by atoms with Crippen molar-refractivity contribution in [2.24, 2.45) is 12.8 Å². The molecule has 1 aromatic carbocycles. The molecule has 0 aliphatic heterocycles. The molecule has 0 aliphatic rings. The van der Waals surface area contributed by atoms with Gasteiger partial charge in [0.2, 0.25) is 5.89 Å². The summed E-state index contributed by atoms with van der Waals surface area (Å²) in [6.45, 7) is 1.93. The lowest BCUT2D eigenvalue weighted by Gasteiger charge is -2.02. The van der Waals surface area contributed by atoms with Gasteiger partial charge in [0.05, 0.1) is 6.20 Å². The molecular formula is C13H13ClN4O. The van der Waals surface area contributed by atoms with Gasteiger partial charge >= 0.3 is 0 Å². The summed E-state index contributed by atoms with van der Waals surface area (Å²) < 4.78 is 7.44. The summed E-state index contributed by atoms with van der Waals surface area (Å²) in [6, 6.07) is 3.18. The SMILES string of the molecule is Cc1cc(Cl)cc2nc(C(N)c3cnn(C)c3)oc12. The highest BCUT2D eigenvalue weighted by Gasteiger charge is 2.18. The molecule has 1 unspecified atom stereocenters. The molecule has 0 fully saturated rings. The largest absolute Gasteiger partial charge is 0.438 e. The molecule has 0 saturated heterocycles. The summed E-state index contributed by atoms with van der Waals surface area (Å²) in [5.74, 6) is 0.466. The predicted octanol–water partition coefficient (Wildman–Crippen LogP) is 2.57. The van der Waals surface area contributed by atoms with Crippen LogP contribution < -0.4 is 5.73 Å². The van der Waals surface area contributed by atoms with E-state index in [-0.39, 0.29) is 0 Å². The molecule has 0 aliphatic carbocycles. The number of benzene rings is 1. The summed E-state index contributed by atoms with van der Waals surface area (Å²) in [5.41, 5.74) is 9.38. The van der Waals surface area contributed by atoms with Crippen LogP contribution in [0.5, 0.6) is 0 Å². The molecule has 3 rings (SSSR count). The average Bonchev–Trinajstić information content (AvgIpc) is 2.94. The number of halogens is 1. The molecule has 3 aromatic rings. The van der Waals surface area contributed by atoms with E-state index in [1.54, 1.807) is 16.9 Å². The monoisotopic (exact) mass is 276 g/mol. The van der Waals surface area contributed by atoms with Crippen molar-refractivity contribution in [3.8, 4) is 0 Å². The minimum atomic E-state index is -0.431. The number of rotatable bonds is 2. The van der Waals surface area contributed by atoms with Crippen molar-refractivity contribution in [3.05, 3.63) is 46.6 Å². The van der Waals surface area contributed by atoms with E-state index >= 15 is 0 Å². The van der Waals surface area contributed by atoms with Crippen LogP contribution in [0.4, 0.5) is 0 Å². The fraction of sp³-hybridized carbons (Fsp3) is 0.231. The van der Waals surface area contributed by atoms with E-state index < -0.39 is 6.04 Å². The maximum absolute atomic E-state index is 6.14. The molecule has 0 radical (unpaired) electrons. The van der Waals surface area contributed by atoms with Gasteiger partial charge in [-0.2, -0.15) is 5.10 Å². The number of nitrogens with two attached hydrogens (primary N) is 1. The van der Waals surface area contributed by atoms with Crippen molar-refractivity contribution in [1.29, 1.82) is 0 Å². The minimum Gasteiger partial charge on any atom is -0.438 e. The van der Waals surface area contributed by atoms with E-state index in [4.69, 9.17) is 21.8 Å². The van der Waals surface area contributed by atoms with Gasteiger partial charge in [0.25, 0.3) is 0 Å². The Morgan fingerprint density at radius 3 is 2.89 bits per heavy atom. The Bertz CT molecular complexity index is 746. The second kappa shape index (κ2) is 4.36. The predicted molar refractivity (Wildman–Crippen MR) is 73.0 cm³/mol. The van der Waals surface area contributed by atoms with Crippen LogP contribution in [-0.4, -0.2) is 14.8 Å². The van der Waals surface area contributed by atoms with Crippen molar-refractivity contribution in [1.82, 2.24) is 14.8 Å². The highest BCUT2D eigenvalue weighted by molar-refractivity contribution is 6.31. The zero-order chi connectivity index (χ0) is 13.6. The standard InChI is InChI=1S/C13H13ClN4O/c1-7-3-9(14)4-10-12(7)19-13(17-10)11(15)8-5-16-18(2)6-8/h3-6,11H,15H2,1-2H3. The fourth-order valence-corrected chi connectivity index (χ4v) is 2.32. The summed E-state index contributed by atoms with van der Waals surface area (Å²) >= 11 is 6.01. The van der Waals surface area contributed by atoms with Gasteiger partial charge in [-0.3, -0.25) is 4.68 Å². The molecular weight excluding hydrogens is 264 g/mol. The third-order valence-electron chi connectivity index (χ3n) is 3.01. The molecule has 2 heterocycles. The maximum Gasteiger partial charge on any atom is 0.217 e. The number of nitrogens with zero attached hydrogens (tertiary/aromatic N) is 3. The molecule has 0 saturated carbocycles. The Balaban J connectivity index is 2.08. The van der Waals surface area contributed by atoms with Crippen molar-refractivity contribution >= 4 is 22.7 Å². The number of aryl methyl sites for hydroxylation is 2. The second-order valence-electron chi connectivity index (χ2n) is 4.55. The smallest absolute Gasteiger partial charge is 0.217 e. The van der Waals surface area contributed by atoms with E-state index in [1.165, 1.54) is 0 Å². The first kappa shape index (κ1) is 12.2.